The van der Waals surface area contributed by atoms with Gasteiger partial charge in [0.1, 0.15) is 5.54 Å². The third kappa shape index (κ3) is 3.96. The summed E-state index contributed by atoms with van der Waals surface area (Å²) in [6.07, 6.45) is 6.88. The SMILES string of the molecule is CCCCCCOCC(NC)(C(N)=O)C1CC1. The summed E-state index contributed by atoms with van der Waals surface area (Å²) in [6, 6.07) is 0. The highest BCUT2D eigenvalue weighted by Crippen LogP contribution is 2.39. The lowest BCUT2D eigenvalue weighted by Gasteiger charge is -2.30. The van der Waals surface area contributed by atoms with Gasteiger partial charge in [-0.2, -0.15) is 0 Å². The van der Waals surface area contributed by atoms with Crippen molar-refractivity contribution in [1.82, 2.24) is 5.32 Å². The van der Waals surface area contributed by atoms with Crippen LogP contribution in [-0.4, -0.2) is 31.7 Å². The molecular weight excluding hydrogens is 216 g/mol. The fraction of sp³-hybridized carbons (Fsp3) is 0.923. The molecule has 3 N–H and O–H groups in total. The highest BCUT2D eigenvalue weighted by molar-refractivity contribution is 5.85. The summed E-state index contributed by atoms with van der Waals surface area (Å²) >= 11 is 0. The number of likely N-dealkylation sites (N-methyl/N-ethyl adjacent to an activating group) is 1. The number of hydrogen-bond acceptors (Lipinski definition) is 3. The van der Waals surface area contributed by atoms with Crippen molar-refractivity contribution in [2.75, 3.05) is 20.3 Å². The Bertz CT molecular complexity index is 242. The van der Waals surface area contributed by atoms with E-state index >= 15 is 0 Å². The Balaban J connectivity index is 2.27. The smallest absolute Gasteiger partial charge is 0.240 e. The standard InChI is InChI=1S/C13H26N2O2/c1-3-4-5-6-9-17-10-13(15-2,12(14)16)11-7-8-11/h11,15H,3-10H2,1-2H3,(H2,14,16). The molecule has 4 nitrogen and oxygen atoms in total. The molecule has 17 heavy (non-hydrogen) atoms. The normalized spacial score (nSPS) is 18.9. The zero-order valence-electron chi connectivity index (χ0n) is 11.1. The van der Waals surface area contributed by atoms with Crippen molar-refractivity contribution >= 4 is 5.91 Å². The zero-order chi connectivity index (χ0) is 12.7. The second-order valence-corrected chi connectivity index (χ2v) is 4.97. The van der Waals surface area contributed by atoms with Gasteiger partial charge < -0.3 is 15.8 Å². The van der Waals surface area contributed by atoms with E-state index in [0.29, 0.717) is 12.5 Å². The summed E-state index contributed by atoms with van der Waals surface area (Å²) in [5.41, 5.74) is 4.87. The van der Waals surface area contributed by atoms with Crippen LogP contribution in [0.15, 0.2) is 0 Å². The van der Waals surface area contributed by atoms with Gasteiger partial charge in [-0.1, -0.05) is 26.2 Å². The molecule has 1 amide bonds. The molecule has 1 fully saturated rings. The number of unbranched alkanes of at least 4 members (excludes halogenated alkanes) is 3. The maximum Gasteiger partial charge on any atom is 0.240 e. The van der Waals surface area contributed by atoms with Gasteiger partial charge in [0.05, 0.1) is 6.61 Å². The zero-order valence-corrected chi connectivity index (χ0v) is 11.1. The molecule has 0 bridgehead atoms. The second-order valence-electron chi connectivity index (χ2n) is 4.97. The molecule has 0 aromatic carbocycles. The van der Waals surface area contributed by atoms with Crippen molar-refractivity contribution in [3.8, 4) is 0 Å². The van der Waals surface area contributed by atoms with Crippen LogP contribution in [0.5, 0.6) is 0 Å². The van der Waals surface area contributed by atoms with Gasteiger partial charge in [-0.25, -0.2) is 0 Å². The Kier molecular flexibility index (Phi) is 5.92. The van der Waals surface area contributed by atoms with E-state index < -0.39 is 5.54 Å². The summed E-state index contributed by atoms with van der Waals surface area (Å²) in [5, 5.41) is 3.08. The van der Waals surface area contributed by atoms with E-state index in [1.807, 2.05) is 0 Å². The number of hydrogen-bond donors (Lipinski definition) is 2. The Morgan fingerprint density at radius 2 is 2.12 bits per heavy atom. The summed E-state index contributed by atoms with van der Waals surface area (Å²) < 4.78 is 5.64. The first-order chi connectivity index (χ1) is 8.17. The van der Waals surface area contributed by atoms with E-state index in [2.05, 4.69) is 12.2 Å². The maximum absolute atomic E-state index is 11.6. The molecule has 1 aliphatic carbocycles. The Morgan fingerprint density at radius 1 is 1.41 bits per heavy atom. The predicted octanol–water partition coefficient (Wildman–Crippen LogP) is 1.44. The number of amides is 1. The van der Waals surface area contributed by atoms with Gasteiger partial charge in [0.2, 0.25) is 5.91 Å². The van der Waals surface area contributed by atoms with Crippen molar-refractivity contribution < 1.29 is 9.53 Å². The first kappa shape index (κ1) is 14.5. The average molecular weight is 242 g/mol. The minimum absolute atomic E-state index is 0.281. The highest BCUT2D eigenvalue weighted by Gasteiger charge is 2.49. The molecule has 1 saturated carbocycles. The monoisotopic (exact) mass is 242 g/mol. The van der Waals surface area contributed by atoms with E-state index in [1.54, 1.807) is 7.05 Å². The van der Waals surface area contributed by atoms with Crippen LogP contribution in [0.25, 0.3) is 0 Å². The number of nitrogens with two attached hydrogens (primary N) is 1. The first-order valence-electron chi connectivity index (χ1n) is 6.74. The predicted molar refractivity (Wildman–Crippen MR) is 68.7 cm³/mol. The van der Waals surface area contributed by atoms with E-state index in [0.717, 1.165) is 25.9 Å². The largest absolute Gasteiger partial charge is 0.379 e. The maximum atomic E-state index is 11.6. The fourth-order valence-corrected chi connectivity index (χ4v) is 2.23. The lowest BCUT2D eigenvalue weighted by Crippen LogP contribution is -2.59. The van der Waals surface area contributed by atoms with E-state index in [9.17, 15) is 4.79 Å². The van der Waals surface area contributed by atoms with Gasteiger partial charge in [0.25, 0.3) is 0 Å². The molecule has 0 radical (unpaired) electrons. The molecule has 0 aliphatic heterocycles. The molecule has 0 heterocycles. The van der Waals surface area contributed by atoms with Crippen LogP contribution in [0.3, 0.4) is 0 Å². The lowest BCUT2D eigenvalue weighted by molar-refractivity contribution is -0.128. The van der Waals surface area contributed by atoms with Crippen LogP contribution in [0.4, 0.5) is 0 Å². The minimum Gasteiger partial charge on any atom is -0.379 e. The second kappa shape index (κ2) is 6.97. The van der Waals surface area contributed by atoms with Crippen molar-refractivity contribution in [3.63, 3.8) is 0 Å². The Labute approximate surface area is 104 Å². The quantitative estimate of drug-likeness (QED) is 0.570. The van der Waals surface area contributed by atoms with Gasteiger partial charge in [0.15, 0.2) is 0 Å². The highest BCUT2D eigenvalue weighted by atomic mass is 16.5. The average Bonchev–Trinajstić information content (AvgIpc) is 3.12. The van der Waals surface area contributed by atoms with Gasteiger partial charge in [-0.3, -0.25) is 4.79 Å². The number of nitrogens with one attached hydrogen (secondary N) is 1. The van der Waals surface area contributed by atoms with Crippen molar-refractivity contribution in [2.45, 2.75) is 51.0 Å². The van der Waals surface area contributed by atoms with Gasteiger partial charge >= 0.3 is 0 Å². The van der Waals surface area contributed by atoms with Crippen molar-refractivity contribution in [1.29, 1.82) is 0 Å². The van der Waals surface area contributed by atoms with Crippen molar-refractivity contribution in [3.05, 3.63) is 0 Å². The van der Waals surface area contributed by atoms with E-state index in [1.165, 1.54) is 19.3 Å². The van der Waals surface area contributed by atoms with E-state index in [-0.39, 0.29) is 5.91 Å². The molecule has 1 aliphatic rings. The number of carbonyl (C=O) groups excluding carboxylic acids is 1. The molecule has 1 unspecified atom stereocenters. The number of ether oxygens (including phenoxy) is 1. The summed E-state index contributed by atoms with van der Waals surface area (Å²) in [5.74, 6) is 0.0803. The van der Waals surface area contributed by atoms with Gasteiger partial charge in [0, 0.05) is 6.61 Å². The molecule has 0 saturated heterocycles. The molecule has 1 rings (SSSR count). The van der Waals surface area contributed by atoms with Gasteiger partial charge in [-0.15, -0.1) is 0 Å². The third-order valence-corrected chi connectivity index (χ3v) is 3.63. The molecular formula is C13H26N2O2. The van der Waals surface area contributed by atoms with Crippen LogP contribution < -0.4 is 11.1 Å². The summed E-state index contributed by atoms with van der Waals surface area (Å²) in [6.45, 7) is 3.33. The topological polar surface area (TPSA) is 64.3 Å². The minimum atomic E-state index is -0.634. The van der Waals surface area contributed by atoms with Crippen LogP contribution in [-0.2, 0) is 9.53 Å². The van der Waals surface area contributed by atoms with Crippen LogP contribution in [0.2, 0.25) is 0 Å². The van der Waals surface area contributed by atoms with Crippen LogP contribution >= 0.6 is 0 Å². The molecule has 4 heteroatoms. The Morgan fingerprint density at radius 3 is 2.59 bits per heavy atom. The number of carbonyl (C=O) groups is 1. The molecule has 0 aromatic heterocycles. The molecule has 100 valence electrons. The van der Waals surface area contributed by atoms with E-state index in [4.69, 9.17) is 10.5 Å². The van der Waals surface area contributed by atoms with Gasteiger partial charge in [-0.05, 0) is 32.2 Å². The summed E-state index contributed by atoms with van der Waals surface area (Å²) in [4.78, 5) is 11.6. The molecule has 0 spiro atoms. The van der Waals surface area contributed by atoms with Crippen molar-refractivity contribution in [2.24, 2.45) is 11.7 Å². The third-order valence-electron chi connectivity index (χ3n) is 3.63. The molecule has 0 aromatic rings. The lowest BCUT2D eigenvalue weighted by atomic mass is 9.93. The summed E-state index contributed by atoms with van der Waals surface area (Å²) in [7, 11) is 1.80. The Hall–Kier alpha value is -0.610. The van der Waals surface area contributed by atoms with Crippen LogP contribution in [0.1, 0.15) is 45.4 Å². The molecule has 1 atom stereocenters. The fourth-order valence-electron chi connectivity index (χ4n) is 2.23. The number of rotatable bonds is 10. The number of primary amides is 1. The first-order valence-corrected chi connectivity index (χ1v) is 6.74. The van der Waals surface area contributed by atoms with Crippen LogP contribution in [0, 0.1) is 5.92 Å².